The summed E-state index contributed by atoms with van der Waals surface area (Å²) in [4.78, 5) is 9.51. The second-order valence-corrected chi connectivity index (χ2v) is 6.21. The zero-order valence-electron chi connectivity index (χ0n) is 14.3. The molecular formula is C16H31IN4S. The van der Waals surface area contributed by atoms with Crippen molar-refractivity contribution in [1.82, 2.24) is 15.5 Å². The Bertz CT molecular complexity index is 416. The number of aliphatic imine (C=N–C) groups is 1. The molecule has 0 spiro atoms. The third-order valence-corrected chi connectivity index (χ3v) is 4.79. The van der Waals surface area contributed by atoms with E-state index in [0.717, 1.165) is 51.5 Å². The highest BCUT2D eigenvalue weighted by Crippen LogP contribution is 2.16. The fourth-order valence-corrected chi connectivity index (χ4v) is 3.05. The van der Waals surface area contributed by atoms with Gasteiger partial charge in [0, 0.05) is 23.3 Å². The van der Waals surface area contributed by atoms with E-state index in [2.05, 4.69) is 53.4 Å². The van der Waals surface area contributed by atoms with Crippen molar-refractivity contribution in [3.63, 3.8) is 0 Å². The molecule has 0 radical (unpaired) electrons. The first-order valence-electron chi connectivity index (χ1n) is 7.97. The first kappa shape index (κ1) is 21.7. The molecule has 1 aromatic heterocycles. The van der Waals surface area contributed by atoms with Gasteiger partial charge in [-0.2, -0.15) is 0 Å². The number of nitrogens with zero attached hydrogens (tertiary/aromatic N) is 2. The highest BCUT2D eigenvalue weighted by Gasteiger charge is 2.02. The van der Waals surface area contributed by atoms with E-state index in [9.17, 15) is 0 Å². The topological polar surface area (TPSA) is 39.7 Å². The normalized spacial score (nSPS) is 11.4. The van der Waals surface area contributed by atoms with Crippen molar-refractivity contribution in [1.29, 1.82) is 0 Å². The number of hydrogen-bond donors (Lipinski definition) is 2. The van der Waals surface area contributed by atoms with Gasteiger partial charge in [-0.25, -0.2) is 0 Å². The van der Waals surface area contributed by atoms with Gasteiger partial charge in [-0.15, -0.1) is 35.3 Å². The predicted octanol–water partition coefficient (Wildman–Crippen LogP) is 3.33. The Morgan fingerprint density at radius 2 is 1.82 bits per heavy atom. The van der Waals surface area contributed by atoms with Gasteiger partial charge in [0.25, 0.3) is 0 Å². The third-order valence-electron chi connectivity index (χ3n) is 3.56. The Labute approximate surface area is 156 Å². The molecule has 1 rings (SSSR count). The van der Waals surface area contributed by atoms with Crippen molar-refractivity contribution in [2.24, 2.45) is 4.99 Å². The van der Waals surface area contributed by atoms with Crippen LogP contribution in [0, 0.1) is 0 Å². The summed E-state index contributed by atoms with van der Waals surface area (Å²) in [6.07, 6.45) is 2.25. The zero-order chi connectivity index (χ0) is 15.5. The average Bonchev–Trinajstić information content (AvgIpc) is 2.98. The molecule has 0 aliphatic carbocycles. The van der Waals surface area contributed by atoms with Gasteiger partial charge in [-0.3, -0.25) is 4.99 Å². The lowest BCUT2D eigenvalue weighted by Gasteiger charge is -2.18. The average molecular weight is 438 g/mol. The minimum absolute atomic E-state index is 0. The van der Waals surface area contributed by atoms with Crippen molar-refractivity contribution in [2.45, 2.75) is 40.2 Å². The maximum atomic E-state index is 4.27. The van der Waals surface area contributed by atoms with Crippen LogP contribution in [-0.2, 0) is 13.0 Å². The molecule has 1 aromatic rings. The molecule has 128 valence electrons. The highest BCUT2D eigenvalue weighted by atomic mass is 127. The summed E-state index contributed by atoms with van der Waals surface area (Å²) in [5.41, 5.74) is 0. The van der Waals surface area contributed by atoms with Gasteiger partial charge >= 0.3 is 0 Å². The monoisotopic (exact) mass is 438 g/mol. The molecule has 0 aliphatic rings. The highest BCUT2D eigenvalue weighted by molar-refractivity contribution is 14.0. The fraction of sp³-hybridized carbons (Fsp3) is 0.688. The van der Waals surface area contributed by atoms with Crippen molar-refractivity contribution in [2.75, 3.05) is 33.2 Å². The minimum Gasteiger partial charge on any atom is -0.356 e. The van der Waals surface area contributed by atoms with Crippen LogP contribution >= 0.6 is 35.3 Å². The molecule has 0 atom stereocenters. The molecular weight excluding hydrogens is 407 g/mol. The summed E-state index contributed by atoms with van der Waals surface area (Å²) in [5.74, 6) is 0.890. The van der Waals surface area contributed by atoms with E-state index in [0.29, 0.717) is 0 Å². The standard InChI is InChI=1S/C16H30N4S.HI/c1-5-14-9-10-15(21-14)13-19-16(17-4)18-11-8-12-20(6-2)7-3;/h9-10H,5-8,11-13H2,1-4H3,(H2,17,18,19);1H. The van der Waals surface area contributed by atoms with Gasteiger partial charge in [0.05, 0.1) is 6.54 Å². The molecule has 0 saturated carbocycles. The van der Waals surface area contributed by atoms with Crippen LogP contribution in [0.3, 0.4) is 0 Å². The maximum Gasteiger partial charge on any atom is 0.191 e. The Hall–Kier alpha value is -0.340. The van der Waals surface area contributed by atoms with Gasteiger partial charge < -0.3 is 15.5 Å². The molecule has 1 heterocycles. The molecule has 2 N–H and O–H groups in total. The summed E-state index contributed by atoms with van der Waals surface area (Å²) in [6, 6.07) is 4.41. The van der Waals surface area contributed by atoms with E-state index in [1.54, 1.807) is 0 Å². The van der Waals surface area contributed by atoms with Crippen LogP contribution in [0.5, 0.6) is 0 Å². The summed E-state index contributed by atoms with van der Waals surface area (Å²) in [7, 11) is 1.83. The van der Waals surface area contributed by atoms with E-state index in [-0.39, 0.29) is 24.0 Å². The van der Waals surface area contributed by atoms with Gasteiger partial charge in [-0.05, 0) is 44.6 Å². The summed E-state index contributed by atoms with van der Waals surface area (Å²) >= 11 is 1.87. The molecule has 0 bridgehead atoms. The molecule has 4 nitrogen and oxygen atoms in total. The Balaban J connectivity index is 0.00000441. The van der Waals surface area contributed by atoms with Gasteiger partial charge in [0.15, 0.2) is 5.96 Å². The molecule has 6 heteroatoms. The first-order chi connectivity index (χ1) is 10.2. The van der Waals surface area contributed by atoms with Crippen LogP contribution in [0.25, 0.3) is 0 Å². The molecule has 0 unspecified atom stereocenters. The smallest absolute Gasteiger partial charge is 0.191 e. The zero-order valence-corrected chi connectivity index (χ0v) is 17.5. The molecule has 0 aromatic carbocycles. The molecule has 22 heavy (non-hydrogen) atoms. The van der Waals surface area contributed by atoms with Crippen LogP contribution in [-0.4, -0.2) is 44.1 Å². The number of halogens is 1. The fourth-order valence-electron chi connectivity index (χ4n) is 2.15. The summed E-state index contributed by atoms with van der Waals surface area (Å²) in [5, 5.41) is 6.76. The van der Waals surface area contributed by atoms with Gasteiger partial charge in [0.1, 0.15) is 0 Å². The lowest BCUT2D eigenvalue weighted by Crippen LogP contribution is -2.38. The third kappa shape index (κ3) is 8.33. The largest absolute Gasteiger partial charge is 0.356 e. The Morgan fingerprint density at radius 1 is 1.14 bits per heavy atom. The molecule has 0 amide bonds. The van der Waals surface area contributed by atoms with E-state index in [1.165, 1.54) is 9.75 Å². The Kier molecular flexibility index (Phi) is 12.9. The van der Waals surface area contributed by atoms with Crippen LogP contribution in [0.4, 0.5) is 0 Å². The summed E-state index contributed by atoms with van der Waals surface area (Å²) < 4.78 is 0. The molecule has 0 fully saturated rings. The molecule has 0 saturated heterocycles. The lowest BCUT2D eigenvalue weighted by molar-refractivity contribution is 0.300. The van der Waals surface area contributed by atoms with E-state index >= 15 is 0 Å². The number of thiophene rings is 1. The SMILES string of the molecule is CCc1ccc(CNC(=NC)NCCCN(CC)CC)s1.I. The van der Waals surface area contributed by atoms with Crippen LogP contribution in [0.15, 0.2) is 17.1 Å². The Morgan fingerprint density at radius 3 is 2.36 bits per heavy atom. The van der Waals surface area contributed by atoms with Crippen LogP contribution in [0.2, 0.25) is 0 Å². The predicted molar refractivity (Wildman–Crippen MR) is 110 cm³/mol. The number of rotatable bonds is 9. The van der Waals surface area contributed by atoms with E-state index in [4.69, 9.17) is 0 Å². The van der Waals surface area contributed by atoms with Crippen molar-refractivity contribution in [3.05, 3.63) is 21.9 Å². The number of nitrogens with one attached hydrogen (secondary N) is 2. The number of hydrogen-bond acceptors (Lipinski definition) is 3. The first-order valence-corrected chi connectivity index (χ1v) is 8.79. The van der Waals surface area contributed by atoms with E-state index in [1.807, 2.05) is 18.4 Å². The van der Waals surface area contributed by atoms with Crippen molar-refractivity contribution in [3.8, 4) is 0 Å². The van der Waals surface area contributed by atoms with Crippen molar-refractivity contribution < 1.29 is 0 Å². The lowest BCUT2D eigenvalue weighted by atomic mass is 10.3. The summed E-state index contributed by atoms with van der Waals surface area (Å²) in [6.45, 7) is 11.8. The van der Waals surface area contributed by atoms with Gasteiger partial charge in [0.2, 0.25) is 0 Å². The van der Waals surface area contributed by atoms with Crippen LogP contribution < -0.4 is 10.6 Å². The quantitative estimate of drug-likeness (QED) is 0.269. The second kappa shape index (κ2) is 13.1. The minimum atomic E-state index is 0. The number of guanidine groups is 1. The van der Waals surface area contributed by atoms with Crippen LogP contribution in [0.1, 0.15) is 36.9 Å². The van der Waals surface area contributed by atoms with E-state index < -0.39 is 0 Å². The number of aryl methyl sites for hydroxylation is 1. The maximum absolute atomic E-state index is 4.27. The van der Waals surface area contributed by atoms with Crippen molar-refractivity contribution >= 4 is 41.3 Å². The molecule has 0 aliphatic heterocycles. The second-order valence-electron chi connectivity index (χ2n) is 4.95. The van der Waals surface area contributed by atoms with Gasteiger partial charge in [-0.1, -0.05) is 20.8 Å².